The third-order valence-electron chi connectivity index (χ3n) is 5.42. The molecule has 156 valence electrons. The molecule has 0 saturated carbocycles. The summed E-state index contributed by atoms with van der Waals surface area (Å²) in [4.78, 5) is 30.5. The molecule has 3 rings (SSSR count). The molecule has 1 amide bonds. The number of amides is 1. The van der Waals surface area contributed by atoms with Gasteiger partial charge in [-0.05, 0) is 63.8 Å². The molecule has 6 heteroatoms. The van der Waals surface area contributed by atoms with Crippen molar-refractivity contribution in [2.75, 3.05) is 19.8 Å². The molecule has 1 atom stereocenters. The zero-order chi connectivity index (χ0) is 21.0. The van der Waals surface area contributed by atoms with Gasteiger partial charge >= 0.3 is 5.97 Å². The Morgan fingerprint density at radius 3 is 2.72 bits per heavy atom. The topological polar surface area (TPSA) is 71.6 Å². The van der Waals surface area contributed by atoms with Crippen LogP contribution in [0.5, 0.6) is 0 Å². The van der Waals surface area contributed by atoms with E-state index in [4.69, 9.17) is 9.47 Å². The van der Waals surface area contributed by atoms with E-state index in [0.717, 1.165) is 41.8 Å². The van der Waals surface area contributed by atoms with Crippen molar-refractivity contribution in [3.8, 4) is 0 Å². The van der Waals surface area contributed by atoms with Crippen molar-refractivity contribution >= 4 is 11.9 Å². The van der Waals surface area contributed by atoms with Gasteiger partial charge < -0.3 is 19.4 Å². The summed E-state index contributed by atoms with van der Waals surface area (Å²) in [6.45, 7) is 9.60. The van der Waals surface area contributed by atoms with Crippen LogP contribution in [0.1, 0.15) is 63.0 Å². The molecule has 1 fully saturated rings. The minimum Gasteiger partial charge on any atom is -0.461 e. The molecule has 1 N–H and O–H groups in total. The van der Waals surface area contributed by atoms with Crippen LogP contribution in [0.15, 0.2) is 24.3 Å². The highest BCUT2D eigenvalue weighted by Crippen LogP contribution is 2.23. The van der Waals surface area contributed by atoms with Crippen LogP contribution in [0.4, 0.5) is 0 Å². The molecule has 1 aromatic carbocycles. The number of benzene rings is 1. The first-order valence-corrected chi connectivity index (χ1v) is 10.2. The van der Waals surface area contributed by atoms with Crippen LogP contribution in [0.3, 0.4) is 0 Å². The molecule has 1 aliphatic rings. The number of carbonyl (C=O) groups is 2. The lowest BCUT2D eigenvalue weighted by atomic mass is 10.1. The minimum absolute atomic E-state index is 0.0260. The van der Waals surface area contributed by atoms with Crippen LogP contribution >= 0.6 is 0 Å². The molecule has 0 bridgehead atoms. The maximum atomic E-state index is 13.3. The number of H-pyrrole nitrogens is 1. The Balaban J connectivity index is 1.89. The molecule has 6 nitrogen and oxygen atoms in total. The van der Waals surface area contributed by atoms with Crippen LogP contribution in [-0.4, -0.2) is 47.6 Å². The van der Waals surface area contributed by atoms with E-state index in [9.17, 15) is 9.59 Å². The van der Waals surface area contributed by atoms with Crippen LogP contribution in [0.25, 0.3) is 0 Å². The van der Waals surface area contributed by atoms with Crippen molar-refractivity contribution in [2.45, 2.75) is 53.2 Å². The first kappa shape index (κ1) is 21.1. The maximum Gasteiger partial charge on any atom is 0.355 e. The highest BCUT2D eigenvalue weighted by molar-refractivity contribution is 5.94. The number of nitrogens with zero attached hydrogens (tertiary/aromatic N) is 1. The Morgan fingerprint density at radius 1 is 1.28 bits per heavy atom. The molecule has 0 unspecified atom stereocenters. The second kappa shape index (κ2) is 9.27. The fourth-order valence-corrected chi connectivity index (χ4v) is 3.84. The standard InChI is InChI=1S/C23H30N2O4/c1-5-28-23(27)21-16(3)20(17(4)24-21)14-25(13-19-10-7-11-29-19)22(26)18-9-6-8-15(2)12-18/h6,8-9,12,19,24H,5,7,10-11,13-14H2,1-4H3/t19-/m1/s1. The first-order chi connectivity index (χ1) is 13.9. The lowest BCUT2D eigenvalue weighted by Crippen LogP contribution is -2.37. The lowest BCUT2D eigenvalue weighted by molar-refractivity contribution is 0.0506. The largest absolute Gasteiger partial charge is 0.461 e. The number of esters is 1. The molecular weight excluding hydrogens is 368 g/mol. The monoisotopic (exact) mass is 398 g/mol. The number of hydrogen-bond acceptors (Lipinski definition) is 4. The highest BCUT2D eigenvalue weighted by atomic mass is 16.5. The molecular formula is C23H30N2O4. The Labute approximate surface area is 172 Å². The zero-order valence-corrected chi connectivity index (χ0v) is 17.7. The number of ether oxygens (including phenoxy) is 2. The van der Waals surface area contributed by atoms with Gasteiger partial charge in [-0.3, -0.25) is 4.79 Å². The van der Waals surface area contributed by atoms with Gasteiger partial charge in [-0.1, -0.05) is 17.7 Å². The fourth-order valence-electron chi connectivity index (χ4n) is 3.84. The van der Waals surface area contributed by atoms with Crippen molar-refractivity contribution in [1.82, 2.24) is 9.88 Å². The molecule has 0 radical (unpaired) electrons. The Bertz CT molecular complexity index is 881. The van der Waals surface area contributed by atoms with Gasteiger partial charge in [0.25, 0.3) is 5.91 Å². The van der Waals surface area contributed by atoms with E-state index in [0.29, 0.717) is 31.0 Å². The quantitative estimate of drug-likeness (QED) is 0.717. The average Bonchev–Trinajstić information content (AvgIpc) is 3.30. The van der Waals surface area contributed by atoms with E-state index >= 15 is 0 Å². The highest BCUT2D eigenvalue weighted by Gasteiger charge is 2.26. The van der Waals surface area contributed by atoms with Crippen molar-refractivity contribution in [1.29, 1.82) is 0 Å². The minimum atomic E-state index is -0.366. The number of aromatic nitrogens is 1. The third kappa shape index (κ3) is 4.88. The summed E-state index contributed by atoms with van der Waals surface area (Å²) in [6, 6.07) is 7.64. The summed E-state index contributed by atoms with van der Waals surface area (Å²) in [5.74, 6) is -0.392. The van der Waals surface area contributed by atoms with Crippen molar-refractivity contribution in [2.24, 2.45) is 0 Å². The lowest BCUT2D eigenvalue weighted by Gasteiger charge is -2.26. The molecule has 0 aliphatic carbocycles. The second-order valence-corrected chi connectivity index (χ2v) is 7.64. The molecule has 2 heterocycles. The van der Waals surface area contributed by atoms with Crippen LogP contribution in [0, 0.1) is 20.8 Å². The van der Waals surface area contributed by atoms with Gasteiger partial charge in [0, 0.05) is 31.0 Å². The van der Waals surface area contributed by atoms with Crippen molar-refractivity contribution < 1.29 is 19.1 Å². The average molecular weight is 399 g/mol. The number of nitrogens with one attached hydrogen (secondary N) is 1. The smallest absolute Gasteiger partial charge is 0.355 e. The van der Waals surface area contributed by atoms with Crippen LogP contribution < -0.4 is 0 Å². The Kier molecular flexibility index (Phi) is 6.75. The van der Waals surface area contributed by atoms with E-state index in [1.165, 1.54) is 0 Å². The van der Waals surface area contributed by atoms with Crippen molar-refractivity contribution in [3.05, 3.63) is 57.9 Å². The van der Waals surface area contributed by atoms with Gasteiger partial charge in [0.05, 0.1) is 12.7 Å². The maximum absolute atomic E-state index is 13.3. The summed E-state index contributed by atoms with van der Waals surface area (Å²) in [5, 5.41) is 0. The zero-order valence-electron chi connectivity index (χ0n) is 17.7. The van der Waals surface area contributed by atoms with Gasteiger partial charge in [0.15, 0.2) is 0 Å². The number of hydrogen-bond donors (Lipinski definition) is 1. The van der Waals surface area contributed by atoms with Gasteiger partial charge in [-0.15, -0.1) is 0 Å². The predicted octanol–water partition coefficient (Wildman–Crippen LogP) is 3.94. The normalized spacial score (nSPS) is 16.1. The number of aryl methyl sites for hydroxylation is 2. The summed E-state index contributed by atoms with van der Waals surface area (Å²) in [5.41, 5.74) is 4.83. The first-order valence-electron chi connectivity index (χ1n) is 10.2. The van der Waals surface area contributed by atoms with E-state index < -0.39 is 0 Å². The Morgan fingerprint density at radius 2 is 2.07 bits per heavy atom. The van der Waals surface area contributed by atoms with Gasteiger partial charge in [-0.2, -0.15) is 0 Å². The molecule has 1 aliphatic heterocycles. The third-order valence-corrected chi connectivity index (χ3v) is 5.42. The van der Waals surface area contributed by atoms with E-state index in [1.807, 2.05) is 49.9 Å². The van der Waals surface area contributed by atoms with Crippen LogP contribution in [-0.2, 0) is 16.0 Å². The number of rotatable bonds is 7. The molecule has 1 saturated heterocycles. The van der Waals surface area contributed by atoms with E-state index in [2.05, 4.69) is 4.98 Å². The van der Waals surface area contributed by atoms with Gasteiger partial charge in [0.2, 0.25) is 0 Å². The number of carbonyl (C=O) groups excluding carboxylic acids is 2. The fraction of sp³-hybridized carbons (Fsp3) is 0.478. The molecule has 0 spiro atoms. The summed E-state index contributed by atoms with van der Waals surface area (Å²) in [6.07, 6.45) is 2.02. The molecule has 2 aromatic rings. The van der Waals surface area contributed by atoms with Gasteiger partial charge in [-0.25, -0.2) is 4.79 Å². The molecule has 1 aromatic heterocycles. The summed E-state index contributed by atoms with van der Waals surface area (Å²) in [7, 11) is 0. The van der Waals surface area contributed by atoms with Gasteiger partial charge in [0.1, 0.15) is 5.69 Å². The van der Waals surface area contributed by atoms with Crippen LogP contribution in [0.2, 0.25) is 0 Å². The van der Waals surface area contributed by atoms with Crippen molar-refractivity contribution in [3.63, 3.8) is 0 Å². The second-order valence-electron chi connectivity index (χ2n) is 7.64. The van der Waals surface area contributed by atoms with E-state index in [1.54, 1.807) is 6.92 Å². The Hall–Kier alpha value is -2.60. The molecule has 29 heavy (non-hydrogen) atoms. The summed E-state index contributed by atoms with van der Waals surface area (Å²) >= 11 is 0. The van der Waals surface area contributed by atoms with E-state index in [-0.39, 0.29) is 18.0 Å². The SMILES string of the molecule is CCOC(=O)c1[nH]c(C)c(CN(C[C@H]2CCCO2)C(=O)c2cccc(C)c2)c1C. The number of aromatic amines is 1. The predicted molar refractivity (Wildman–Crippen MR) is 111 cm³/mol. The summed E-state index contributed by atoms with van der Waals surface area (Å²) < 4.78 is 10.9.